The van der Waals surface area contributed by atoms with Crippen molar-refractivity contribution < 1.29 is 19.0 Å². The number of aromatic nitrogens is 2. The highest BCUT2D eigenvalue weighted by Gasteiger charge is 2.24. The average Bonchev–Trinajstić information content (AvgIpc) is 2.67. The molecule has 1 aromatic carbocycles. The van der Waals surface area contributed by atoms with Crippen LogP contribution in [0, 0.1) is 6.92 Å². The number of carbonyl (C=O) groups excluding carboxylic acids is 1. The van der Waals surface area contributed by atoms with Crippen molar-refractivity contribution in [2.45, 2.75) is 25.9 Å². The number of amides is 1. The number of rotatable bonds is 6. The molecular weight excluding hydrogens is 334 g/mol. The van der Waals surface area contributed by atoms with E-state index >= 15 is 0 Å². The highest BCUT2D eigenvalue weighted by Crippen LogP contribution is 2.19. The molecule has 3 rings (SSSR count). The minimum absolute atomic E-state index is 0.0165. The van der Waals surface area contributed by atoms with Crippen molar-refractivity contribution in [3.63, 3.8) is 0 Å². The van der Waals surface area contributed by atoms with E-state index in [9.17, 15) is 4.79 Å². The highest BCUT2D eigenvalue weighted by molar-refractivity contribution is 5.77. The van der Waals surface area contributed by atoms with E-state index in [4.69, 9.17) is 14.2 Å². The molecule has 7 heteroatoms. The quantitative estimate of drug-likeness (QED) is 0.789. The molecule has 0 saturated carbocycles. The second-order valence-corrected chi connectivity index (χ2v) is 6.10. The molecule has 7 nitrogen and oxygen atoms in total. The molecule has 0 aliphatic carbocycles. The summed E-state index contributed by atoms with van der Waals surface area (Å²) in [4.78, 5) is 22.4. The smallest absolute Gasteiger partial charge is 0.260 e. The van der Waals surface area contributed by atoms with E-state index in [1.165, 1.54) is 0 Å². The predicted molar refractivity (Wildman–Crippen MR) is 95.5 cm³/mol. The van der Waals surface area contributed by atoms with E-state index in [-0.39, 0.29) is 18.6 Å². The molecule has 1 saturated heterocycles. The summed E-state index contributed by atoms with van der Waals surface area (Å²) in [6.07, 6.45) is 3.30. The summed E-state index contributed by atoms with van der Waals surface area (Å²) in [5.41, 5.74) is 0. The van der Waals surface area contributed by atoms with Gasteiger partial charge in [-0.15, -0.1) is 0 Å². The maximum absolute atomic E-state index is 12.3. The van der Waals surface area contributed by atoms with Crippen molar-refractivity contribution in [2.24, 2.45) is 0 Å². The summed E-state index contributed by atoms with van der Waals surface area (Å²) < 4.78 is 16.5. The normalized spacial score (nSPS) is 14.8. The van der Waals surface area contributed by atoms with Crippen molar-refractivity contribution in [1.82, 2.24) is 14.9 Å². The first-order chi connectivity index (χ1) is 12.6. The van der Waals surface area contributed by atoms with Crippen LogP contribution >= 0.6 is 0 Å². The Balaban J connectivity index is 1.42. The fourth-order valence-corrected chi connectivity index (χ4v) is 2.80. The van der Waals surface area contributed by atoms with Gasteiger partial charge in [0.25, 0.3) is 5.91 Å². The monoisotopic (exact) mass is 357 g/mol. The van der Waals surface area contributed by atoms with Crippen LogP contribution in [0.2, 0.25) is 0 Å². The summed E-state index contributed by atoms with van der Waals surface area (Å²) in [5, 5.41) is 0. The average molecular weight is 357 g/mol. The van der Waals surface area contributed by atoms with E-state index in [1.807, 2.05) is 11.8 Å². The maximum atomic E-state index is 12.3. The standard InChI is InChI=1S/C19H23N3O4/c1-14-20-10-7-18(21-14)26-17-8-11-22(12-9-17)19(23)13-25-16-5-3-15(24-2)4-6-16/h3-7,10,17H,8-9,11-13H2,1-2H3. The first-order valence-electron chi connectivity index (χ1n) is 8.65. The minimum atomic E-state index is -0.0165. The Kier molecular flexibility index (Phi) is 5.88. The molecule has 0 N–H and O–H groups in total. The van der Waals surface area contributed by atoms with E-state index in [0.717, 1.165) is 18.6 Å². The third-order valence-corrected chi connectivity index (χ3v) is 4.25. The molecule has 26 heavy (non-hydrogen) atoms. The molecule has 1 aliphatic heterocycles. The summed E-state index contributed by atoms with van der Waals surface area (Å²) in [5.74, 6) is 2.66. The minimum Gasteiger partial charge on any atom is -0.497 e. The number of hydrogen-bond donors (Lipinski definition) is 0. The molecule has 0 atom stereocenters. The van der Waals surface area contributed by atoms with Gasteiger partial charge in [-0.3, -0.25) is 4.79 Å². The summed E-state index contributed by atoms with van der Waals surface area (Å²) >= 11 is 0. The lowest BCUT2D eigenvalue weighted by molar-refractivity contribution is -0.135. The van der Waals surface area contributed by atoms with Gasteiger partial charge in [0.15, 0.2) is 6.61 Å². The van der Waals surface area contributed by atoms with Crippen molar-refractivity contribution in [3.8, 4) is 17.4 Å². The first kappa shape index (κ1) is 18.0. The zero-order chi connectivity index (χ0) is 18.4. The Bertz CT molecular complexity index is 728. The van der Waals surface area contributed by atoms with Crippen LogP contribution in [0.3, 0.4) is 0 Å². The number of aryl methyl sites for hydroxylation is 1. The van der Waals surface area contributed by atoms with Crippen molar-refractivity contribution in [2.75, 3.05) is 26.8 Å². The number of ether oxygens (including phenoxy) is 3. The molecule has 0 bridgehead atoms. The highest BCUT2D eigenvalue weighted by atomic mass is 16.5. The summed E-state index contributed by atoms with van der Waals surface area (Å²) in [6, 6.07) is 8.94. The van der Waals surface area contributed by atoms with Gasteiger partial charge in [0.2, 0.25) is 5.88 Å². The van der Waals surface area contributed by atoms with Crippen molar-refractivity contribution in [3.05, 3.63) is 42.4 Å². The van der Waals surface area contributed by atoms with Crippen LogP contribution in [0.4, 0.5) is 0 Å². The van der Waals surface area contributed by atoms with Gasteiger partial charge in [-0.05, 0) is 31.2 Å². The Morgan fingerprint density at radius 1 is 1.15 bits per heavy atom. The molecule has 2 heterocycles. The van der Waals surface area contributed by atoms with Crippen molar-refractivity contribution >= 4 is 5.91 Å². The van der Waals surface area contributed by atoms with E-state index in [0.29, 0.717) is 30.5 Å². The molecule has 1 aliphatic rings. The number of piperidine rings is 1. The van der Waals surface area contributed by atoms with Crippen LogP contribution in [-0.4, -0.2) is 53.7 Å². The zero-order valence-electron chi connectivity index (χ0n) is 15.1. The molecule has 2 aromatic rings. The molecule has 1 aromatic heterocycles. The predicted octanol–water partition coefficient (Wildman–Crippen LogP) is 2.24. The van der Waals surface area contributed by atoms with E-state index in [1.54, 1.807) is 43.6 Å². The summed E-state index contributed by atoms with van der Waals surface area (Å²) in [6.45, 7) is 3.17. The van der Waals surface area contributed by atoms with Gasteiger partial charge in [0, 0.05) is 38.2 Å². The molecule has 0 unspecified atom stereocenters. The topological polar surface area (TPSA) is 73.8 Å². The Hall–Kier alpha value is -2.83. The maximum Gasteiger partial charge on any atom is 0.260 e. The van der Waals surface area contributed by atoms with Gasteiger partial charge < -0.3 is 19.1 Å². The van der Waals surface area contributed by atoms with Gasteiger partial charge in [0.05, 0.1) is 7.11 Å². The van der Waals surface area contributed by atoms with Crippen LogP contribution in [0.5, 0.6) is 17.4 Å². The van der Waals surface area contributed by atoms with Gasteiger partial charge in [-0.2, -0.15) is 4.98 Å². The number of likely N-dealkylation sites (tertiary alicyclic amines) is 1. The zero-order valence-corrected chi connectivity index (χ0v) is 15.1. The Morgan fingerprint density at radius 2 is 1.85 bits per heavy atom. The molecule has 1 fully saturated rings. The molecular formula is C19H23N3O4. The lowest BCUT2D eigenvalue weighted by atomic mass is 10.1. The third kappa shape index (κ3) is 4.84. The van der Waals surface area contributed by atoms with Gasteiger partial charge in [-0.25, -0.2) is 4.98 Å². The van der Waals surface area contributed by atoms with E-state index < -0.39 is 0 Å². The van der Waals surface area contributed by atoms with Crippen LogP contribution in [0.1, 0.15) is 18.7 Å². The largest absolute Gasteiger partial charge is 0.497 e. The lowest BCUT2D eigenvalue weighted by Crippen LogP contribution is -2.43. The van der Waals surface area contributed by atoms with Gasteiger partial charge in [0.1, 0.15) is 23.4 Å². The van der Waals surface area contributed by atoms with Gasteiger partial charge in [-0.1, -0.05) is 0 Å². The molecule has 0 radical (unpaired) electrons. The van der Waals surface area contributed by atoms with Crippen LogP contribution in [-0.2, 0) is 4.79 Å². The van der Waals surface area contributed by atoms with Crippen LogP contribution < -0.4 is 14.2 Å². The number of nitrogens with zero attached hydrogens (tertiary/aromatic N) is 3. The number of hydrogen-bond acceptors (Lipinski definition) is 6. The second-order valence-electron chi connectivity index (χ2n) is 6.10. The second kappa shape index (κ2) is 8.51. The first-order valence-corrected chi connectivity index (χ1v) is 8.65. The Labute approximate surface area is 152 Å². The Morgan fingerprint density at radius 3 is 2.50 bits per heavy atom. The lowest BCUT2D eigenvalue weighted by Gasteiger charge is -2.31. The molecule has 1 amide bonds. The van der Waals surface area contributed by atoms with E-state index in [2.05, 4.69) is 9.97 Å². The number of benzene rings is 1. The van der Waals surface area contributed by atoms with Gasteiger partial charge >= 0.3 is 0 Å². The number of methoxy groups -OCH3 is 1. The molecule has 0 spiro atoms. The molecule has 138 valence electrons. The fourth-order valence-electron chi connectivity index (χ4n) is 2.80. The third-order valence-electron chi connectivity index (χ3n) is 4.25. The van der Waals surface area contributed by atoms with Crippen molar-refractivity contribution in [1.29, 1.82) is 0 Å². The van der Waals surface area contributed by atoms with Crippen LogP contribution in [0.25, 0.3) is 0 Å². The fraction of sp³-hybridized carbons (Fsp3) is 0.421. The summed E-state index contributed by atoms with van der Waals surface area (Å²) in [7, 11) is 1.61. The SMILES string of the molecule is COc1ccc(OCC(=O)N2CCC(Oc3ccnc(C)n3)CC2)cc1. The number of carbonyl (C=O) groups is 1. The van der Waals surface area contributed by atoms with Crippen LogP contribution in [0.15, 0.2) is 36.5 Å².